The highest BCUT2D eigenvalue weighted by atomic mass is 16.5. The molecule has 2 fully saturated rings. The van der Waals surface area contributed by atoms with Crippen molar-refractivity contribution >= 4 is 11.6 Å². The Kier molecular flexibility index (Phi) is 2.97. The van der Waals surface area contributed by atoms with Crippen molar-refractivity contribution in [3.05, 3.63) is 28.7 Å². The zero-order valence-electron chi connectivity index (χ0n) is 13.1. The average Bonchev–Trinajstić information content (AvgIpc) is 2.96. The van der Waals surface area contributed by atoms with Gasteiger partial charge in [0.1, 0.15) is 5.56 Å². The molecule has 1 aliphatic carbocycles. The van der Waals surface area contributed by atoms with E-state index in [-0.39, 0.29) is 11.9 Å². The average molecular weight is 300 g/mol. The van der Waals surface area contributed by atoms with Crippen molar-refractivity contribution in [3.63, 3.8) is 0 Å². The minimum atomic E-state index is -0.0691. The summed E-state index contributed by atoms with van der Waals surface area (Å²) >= 11 is 0. The molecule has 0 radical (unpaired) electrons. The number of hydrogen-bond acceptors (Lipinski definition) is 4. The molecule has 6 nitrogen and oxygen atoms in total. The van der Waals surface area contributed by atoms with Crippen molar-refractivity contribution in [2.45, 2.75) is 45.8 Å². The van der Waals surface area contributed by atoms with Crippen LogP contribution in [0, 0.1) is 26.7 Å². The van der Waals surface area contributed by atoms with Gasteiger partial charge in [-0.05, 0) is 39.7 Å². The molecule has 0 bridgehead atoms. The van der Waals surface area contributed by atoms with E-state index in [0.29, 0.717) is 23.2 Å². The van der Waals surface area contributed by atoms with Crippen LogP contribution in [0.25, 0.3) is 5.65 Å². The van der Waals surface area contributed by atoms with E-state index in [2.05, 4.69) is 15.4 Å². The van der Waals surface area contributed by atoms with E-state index in [0.717, 1.165) is 36.5 Å². The van der Waals surface area contributed by atoms with Crippen molar-refractivity contribution in [1.82, 2.24) is 19.9 Å². The summed E-state index contributed by atoms with van der Waals surface area (Å²) in [6.07, 6.45) is 2.30. The molecule has 6 heteroatoms. The zero-order valence-corrected chi connectivity index (χ0v) is 13.1. The molecule has 2 aliphatic rings. The number of hydrogen-bond donors (Lipinski definition) is 1. The van der Waals surface area contributed by atoms with E-state index >= 15 is 0 Å². The van der Waals surface area contributed by atoms with E-state index in [4.69, 9.17) is 4.74 Å². The first kappa shape index (κ1) is 13.7. The second kappa shape index (κ2) is 4.78. The van der Waals surface area contributed by atoms with E-state index < -0.39 is 0 Å². The van der Waals surface area contributed by atoms with Gasteiger partial charge in [0.2, 0.25) is 0 Å². The van der Waals surface area contributed by atoms with Crippen molar-refractivity contribution < 1.29 is 9.53 Å². The van der Waals surface area contributed by atoms with Crippen molar-refractivity contribution in [2.24, 2.45) is 5.92 Å². The number of nitrogens with one attached hydrogen (secondary N) is 1. The fourth-order valence-electron chi connectivity index (χ4n) is 3.70. The van der Waals surface area contributed by atoms with Gasteiger partial charge in [-0.2, -0.15) is 5.10 Å². The summed E-state index contributed by atoms with van der Waals surface area (Å²) in [6, 6.07) is 2.19. The molecule has 3 atom stereocenters. The number of aryl methyl sites for hydroxylation is 3. The predicted octanol–water partition coefficient (Wildman–Crippen LogP) is 1.56. The maximum Gasteiger partial charge on any atom is 0.257 e. The molecule has 2 aromatic rings. The number of carbonyl (C=O) groups is 1. The summed E-state index contributed by atoms with van der Waals surface area (Å²) in [5.41, 5.74) is 3.84. The van der Waals surface area contributed by atoms with Gasteiger partial charge in [0.25, 0.3) is 5.91 Å². The van der Waals surface area contributed by atoms with Gasteiger partial charge in [-0.3, -0.25) is 4.79 Å². The second-order valence-corrected chi connectivity index (χ2v) is 6.41. The van der Waals surface area contributed by atoms with Gasteiger partial charge in [0.05, 0.1) is 11.8 Å². The van der Waals surface area contributed by atoms with E-state index in [1.165, 1.54) is 0 Å². The number of amides is 1. The van der Waals surface area contributed by atoms with Gasteiger partial charge in [0, 0.05) is 30.0 Å². The Morgan fingerprint density at radius 3 is 3.00 bits per heavy atom. The van der Waals surface area contributed by atoms with Gasteiger partial charge in [-0.15, -0.1) is 0 Å². The number of fused-ring (bicyclic) bond motifs is 2. The highest BCUT2D eigenvalue weighted by Gasteiger charge is 2.46. The molecule has 2 aromatic heterocycles. The molecule has 0 aromatic carbocycles. The topological polar surface area (TPSA) is 68.5 Å². The van der Waals surface area contributed by atoms with Gasteiger partial charge >= 0.3 is 0 Å². The number of rotatable bonds is 2. The lowest BCUT2D eigenvalue weighted by atomic mass is 9.76. The third-order valence-electron chi connectivity index (χ3n) is 4.88. The lowest BCUT2D eigenvalue weighted by Crippen LogP contribution is -2.53. The van der Waals surface area contributed by atoms with Crippen molar-refractivity contribution in [2.75, 3.05) is 6.61 Å². The van der Waals surface area contributed by atoms with E-state index in [1.54, 1.807) is 4.52 Å². The molecule has 22 heavy (non-hydrogen) atoms. The molecule has 0 spiro atoms. The number of aromatic nitrogens is 3. The normalized spacial score (nSPS) is 26.8. The van der Waals surface area contributed by atoms with Crippen LogP contribution in [0.15, 0.2) is 6.07 Å². The van der Waals surface area contributed by atoms with Crippen LogP contribution in [0.2, 0.25) is 0 Å². The van der Waals surface area contributed by atoms with Crippen molar-refractivity contribution in [1.29, 1.82) is 0 Å². The first-order chi connectivity index (χ1) is 10.5. The van der Waals surface area contributed by atoms with E-state index in [1.807, 2.05) is 26.8 Å². The summed E-state index contributed by atoms with van der Waals surface area (Å²) in [7, 11) is 0. The lowest BCUT2D eigenvalue weighted by Gasteiger charge is -2.39. The summed E-state index contributed by atoms with van der Waals surface area (Å²) in [5, 5.41) is 7.61. The molecule has 1 saturated carbocycles. The Morgan fingerprint density at radius 2 is 2.23 bits per heavy atom. The Labute approximate surface area is 128 Å². The molecule has 1 saturated heterocycles. The maximum atomic E-state index is 12.7. The van der Waals surface area contributed by atoms with Crippen molar-refractivity contribution in [3.8, 4) is 0 Å². The largest absolute Gasteiger partial charge is 0.378 e. The quantitative estimate of drug-likeness (QED) is 0.914. The van der Waals surface area contributed by atoms with Crippen LogP contribution in [0.1, 0.15) is 40.3 Å². The number of ether oxygens (including phenoxy) is 1. The van der Waals surface area contributed by atoms with E-state index in [9.17, 15) is 4.79 Å². The van der Waals surface area contributed by atoms with Gasteiger partial charge < -0.3 is 10.1 Å². The molecule has 116 valence electrons. The molecule has 0 unspecified atom stereocenters. The van der Waals surface area contributed by atoms with Crippen LogP contribution < -0.4 is 5.32 Å². The highest BCUT2D eigenvalue weighted by molar-refractivity contribution is 6.01. The standard InChI is InChI=1S/C16H20N4O2/c1-8-6-9(2)20-15(17-8)14(10(3)19-20)16(21)18-12-7-13-11(12)4-5-22-13/h6,11-13H,4-5,7H2,1-3H3,(H,18,21)/t11-,12+,13+/m0/s1. The van der Waals surface area contributed by atoms with Crippen LogP contribution in [0.4, 0.5) is 0 Å². The number of nitrogens with zero attached hydrogens (tertiary/aromatic N) is 3. The fourth-order valence-corrected chi connectivity index (χ4v) is 3.70. The number of carbonyl (C=O) groups excluding carboxylic acids is 1. The van der Waals surface area contributed by atoms with Gasteiger partial charge in [-0.1, -0.05) is 0 Å². The molecular formula is C16H20N4O2. The Balaban J connectivity index is 1.65. The Bertz CT molecular complexity index is 767. The molecule has 4 rings (SSSR count). The Morgan fingerprint density at radius 1 is 1.41 bits per heavy atom. The first-order valence-corrected chi connectivity index (χ1v) is 7.80. The van der Waals surface area contributed by atoms with Gasteiger partial charge in [-0.25, -0.2) is 9.50 Å². The summed E-state index contributed by atoms with van der Waals surface area (Å²) in [4.78, 5) is 17.2. The van der Waals surface area contributed by atoms with Crippen LogP contribution in [-0.4, -0.2) is 39.3 Å². The summed E-state index contributed by atoms with van der Waals surface area (Å²) in [6.45, 7) is 6.59. The fraction of sp³-hybridized carbons (Fsp3) is 0.562. The summed E-state index contributed by atoms with van der Waals surface area (Å²) in [5.74, 6) is 0.405. The minimum Gasteiger partial charge on any atom is -0.378 e. The van der Waals surface area contributed by atoms with Crippen LogP contribution in [0.5, 0.6) is 0 Å². The maximum absolute atomic E-state index is 12.7. The predicted molar refractivity (Wildman–Crippen MR) is 80.9 cm³/mol. The van der Waals surface area contributed by atoms with Crippen LogP contribution in [0.3, 0.4) is 0 Å². The molecule has 1 amide bonds. The third-order valence-corrected chi connectivity index (χ3v) is 4.88. The SMILES string of the molecule is Cc1cc(C)n2nc(C)c(C(=O)N[C@@H]3C[C@H]4OCC[C@@H]34)c2n1. The minimum absolute atomic E-state index is 0.0691. The monoisotopic (exact) mass is 300 g/mol. The summed E-state index contributed by atoms with van der Waals surface area (Å²) < 4.78 is 7.35. The van der Waals surface area contributed by atoms with Gasteiger partial charge in [0.15, 0.2) is 5.65 Å². The Hall–Kier alpha value is -1.95. The first-order valence-electron chi connectivity index (χ1n) is 7.80. The molecule has 1 N–H and O–H groups in total. The van der Waals surface area contributed by atoms with Crippen LogP contribution in [-0.2, 0) is 4.74 Å². The van der Waals surface area contributed by atoms with Crippen LogP contribution >= 0.6 is 0 Å². The molecular weight excluding hydrogens is 280 g/mol. The smallest absolute Gasteiger partial charge is 0.257 e. The zero-order chi connectivity index (χ0) is 15.4. The third kappa shape index (κ3) is 1.94. The second-order valence-electron chi connectivity index (χ2n) is 6.41. The lowest BCUT2D eigenvalue weighted by molar-refractivity contribution is 0.00811. The molecule has 3 heterocycles. The highest BCUT2D eigenvalue weighted by Crippen LogP contribution is 2.38. The molecule has 1 aliphatic heterocycles.